The lowest BCUT2D eigenvalue weighted by Crippen LogP contribution is -2.61. The zero-order valence-corrected chi connectivity index (χ0v) is 15.6. The van der Waals surface area contributed by atoms with E-state index < -0.39 is 5.54 Å². The number of carbonyl (C=O) groups excluding carboxylic acids is 2. The summed E-state index contributed by atoms with van der Waals surface area (Å²) in [6.45, 7) is 3.55. The third-order valence-electron chi connectivity index (χ3n) is 4.47. The molecule has 0 saturated carbocycles. The minimum absolute atomic E-state index is 0.123. The first-order valence-electron chi connectivity index (χ1n) is 8.04. The molecule has 6 heteroatoms. The van der Waals surface area contributed by atoms with Crippen LogP contribution < -0.4 is 9.80 Å². The van der Waals surface area contributed by atoms with E-state index in [0.29, 0.717) is 11.4 Å². The van der Waals surface area contributed by atoms with E-state index in [1.54, 1.807) is 48.7 Å². The Morgan fingerprint density at radius 2 is 1.84 bits per heavy atom. The number of hydrogen-bond acceptors (Lipinski definition) is 4. The number of hydrogen-bond donors (Lipinski definition) is 0. The van der Waals surface area contributed by atoms with Gasteiger partial charge in [-0.3, -0.25) is 19.5 Å². The minimum atomic E-state index is -0.992. The van der Waals surface area contributed by atoms with Gasteiger partial charge in [-0.25, -0.2) is 0 Å². The molecule has 130 valence electrons. The van der Waals surface area contributed by atoms with Crippen molar-refractivity contribution in [1.82, 2.24) is 4.98 Å². The minimum Gasteiger partial charge on any atom is -0.311 e. The molecule has 0 saturated heterocycles. The molecule has 3 rings (SSSR count). The van der Waals surface area contributed by atoms with Gasteiger partial charge >= 0.3 is 0 Å². The SMILES string of the molecule is CSCc1cccnc1C(=O)N1c2ccccc2N(C)C(=O)C1(C)C. The lowest BCUT2D eigenvalue weighted by atomic mass is 9.94. The van der Waals surface area contributed by atoms with E-state index in [4.69, 9.17) is 0 Å². The van der Waals surface area contributed by atoms with E-state index in [0.717, 1.165) is 16.9 Å². The molecule has 0 bridgehead atoms. The molecule has 1 aliphatic heterocycles. The van der Waals surface area contributed by atoms with Crippen LogP contribution in [0.2, 0.25) is 0 Å². The number of benzene rings is 1. The van der Waals surface area contributed by atoms with Gasteiger partial charge in [0.15, 0.2) is 0 Å². The fourth-order valence-corrected chi connectivity index (χ4v) is 3.77. The van der Waals surface area contributed by atoms with E-state index in [1.807, 2.05) is 42.7 Å². The van der Waals surface area contributed by atoms with Gasteiger partial charge in [-0.05, 0) is 43.9 Å². The van der Waals surface area contributed by atoms with Crippen LogP contribution in [0.3, 0.4) is 0 Å². The van der Waals surface area contributed by atoms with Crippen LogP contribution in [0.15, 0.2) is 42.6 Å². The van der Waals surface area contributed by atoms with Crippen LogP contribution in [0.5, 0.6) is 0 Å². The van der Waals surface area contributed by atoms with E-state index in [2.05, 4.69) is 4.98 Å². The summed E-state index contributed by atoms with van der Waals surface area (Å²) in [6, 6.07) is 11.2. The number of aromatic nitrogens is 1. The van der Waals surface area contributed by atoms with Crippen molar-refractivity contribution in [2.24, 2.45) is 0 Å². The quantitative estimate of drug-likeness (QED) is 0.847. The van der Waals surface area contributed by atoms with Crippen molar-refractivity contribution in [3.63, 3.8) is 0 Å². The summed E-state index contributed by atoms with van der Waals surface area (Å²) in [7, 11) is 1.74. The Kier molecular flexibility index (Phi) is 4.56. The second-order valence-corrected chi connectivity index (χ2v) is 7.36. The van der Waals surface area contributed by atoms with Crippen molar-refractivity contribution < 1.29 is 9.59 Å². The van der Waals surface area contributed by atoms with Gasteiger partial charge in [0.25, 0.3) is 11.8 Å². The maximum Gasteiger partial charge on any atom is 0.278 e. The fraction of sp³-hybridized carbons (Fsp3) is 0.316. The standard InChI is InChI=1S/C19H21N3O2S/c1-19(2)18(24)21(3)14-9-5-6-10-15(14)22(19)17(23)16-13(12-25-4)8-7-11-20-16/h5-11H,12H2,1-4H3. The van der Waals surface area contributed by atoms with Gasteiger partial charge in [0.2, 0.25) is 0 Å². The first kappa shape index (κ1) is 17.5. The smallest absolute Gasteiger partial charge is 0.278 e. The summed E-state index contributed by atoms with van der Waals surface area (Å²) in [5.74, 6) is 0.323. The molecule has 2 amide bonds. The molecule has 2 aromatic rings. The Balaban J connectivity index is 2.16. The van der Waals surface area contributed by atoms with E-state index in [-0.39, 0.29) is 11.8 Å². The summed E-state index contributed by atoms with van der Waals surface area (Å²) in [4.78, 5) is 33.8. The van der Waals surface area contributed by atoms with Crippen molar-refractivity contribution in [3.8, 4) is 0 Å². The Morgan fingerprint density at radius 3 is 2.52 bits per heavy atom. The van der Waals surface area contributed by atoms with Crippen molar-refractivity contribution in [2.75, 3.05) is 23.1 Å². The molecule has 5 nitrogen and oxygen atoms in total. The Bertz CT molecular complexity index is 835. The van der Waals surface area contributed by atoms with E-state index in [9.17, 15) is 9.59 Å². The lowest BCUT2D eigenvalue weighted by molar-refractivity contribution is -0.122. The summed E-state index contributed by atoms with van der Waals surface area (Å²) in [5, 5.41) is 0. The second kappa shape index (κ2) is 6.52. The first-order valence-corrected chi connectivity index (χ1v) is 9.43. The van der Waals surface area contributed by atoms with Gasteiger partial charge in [-0.2, -0.15) is 11.8 Å². The molecule has 2 heterocycles. The molecule has 0 spiro atoms. The third kappa shape index (κ3) is 2.80. The number of thioether (sulfide) groups is 1. The first-order chi connectivity index (χ1) is 11.9. The van der Waals surface area contributed by atoms with Crippen molar-refractivity contribution >= 4 is 35.0 Å². The monoisotopic (exact) mass is 355 g/mol. The number of nitrogens with zero attached hydrogens (tertiary/aromatic N) is 3. The van der Waals surface area contributed by atoms with E-state index >= 15 is 0 Å². The van der Waals surface area contributed by atoms with Gasteiger partial charge < -0.3 is 4.90 Å². The van der Waals surface area contributed by atoms with Crippen molar-refractivity contribution in [2.45, 2.75) is 25.1 Å². The summed E-state index contributed by atoms with van der Waals surface area (Å²) in [5.41, 5.74) is 1.73. The van der Waals surface area contributed by atoms with Gasteiger partial charge in [0, 0.05) is 19.0 Å². The number of para-hydroxylation sites is 2. The molecule has 0 unspecified atom stereocenters. The molecule has 1 aromatic heterocycles. The lowest BCUT2D eigenvalue weighted by Gasteiger charge is -2.45. The average Bonchev–Trinajstić information content (AvgIpc) is 2.60. The van der Waals surface area contributed by atoms with Gasteiger partial charge in [0.1, 0.15) is 11.2 Å². The van der Waals surface area contributed by atoms with Crippen LogP contribution in [-0.2, 0) is 10.5 Å². The highest BCUT2D eigenvalue weighted by Gasteiger charge is 2.46. The third-order valence-corrected chi connectivity index (χ3v) is 5.07. The number of pyridine rings is 1. The highest BCUT2D eigenvalue weighted by molar-refractivity contribution is 7.97. The molecule has 1 aromatic carbocycles. The Hall–Kier alpha value is -2.34. The number of fused-ring (bicyclic) bond motifs is 1. The number of amides is 2. The molecule has 0 aliphatic carbocycles. The topological polar surface area (TPSA) is 53.5 Å². The molecule has 1 aliphatic rings. The van der Waals surface area contributed by atoms with Crippen LogP contribution >= 0.6 is 11.8 Å². The fourth-order valence-electron chi connectivity index (χ4n) is 3.23. The molecule has 0 N–H and O–H groups in total. The maximum absolute atomic E-state index is 13.4. The van der Waals surface area contributed by atoms with Crippen molar-refractivity contribution in [1.29, 1.82) is 0 Å². The number of likely N-dealkylation sites (N-methyl/N-ethyl adjacent to an activating group) is 1. The normalized spacial score (nSPS) is 15.9. The van der Waals surface area contributed by atoms with Crippen LogP contribution in [0.25, 0.3) is 0 Å². The predicted molar refractivity (Wildman–Crippen MR) is 102 cm³/mol. The van der Waals surface area contributed by atoms with Crippen LogP contribution in [-0.4, -0.2) is 35.6 Å². The highest BCUT2D eigenvalue weighted by Crippen LogP contribution is 2.40. The molecular weight excluding hydrogens is 334 g/mol. The molecule has 0 atom stereocenters. The molecule has 0 radical (unpaired) electrons. The summed E-state index contributed by atoms with van der Waals surface area (Å²) in [6.07, 6.45) is 3.60. The maximum atomic E-state index is 13.4. The second-order valence-electron chi connectivity index (χ2n) is 6.50. The largest absolute Gasteiger partial charge is 0.311 e. The van der Waals surface area contributed by atoms with Gasteiger partial charge in [-0.1, -0.05) is 18.2 Å². The summed E-state index contributed by atoms with van der Waals surface area (Å²) < 4.78 is 0. The van der Waals surface area contributed by atoms with Crippen LogP contribution in [0.4, 0.5) is 11.4 Å². The van der Waals surface area contributed by atoms with Gasteiger partial charge in [-0.15, -0.1) is 0 Å². The predicted octanol–water partition coefficient (Wildman–Crippen LogP) is 3.35. The number of rotatable bonds is 3. The zero-order chi connectivity index (χ0) is 18.2. The zero-order valence-electron chi connectivity index (χ0n) is 14.8. The molecular formula is C19H21N3O2S. The number of carbonyl (C=O) groups is 2. The highest BCUT2D eigenvalue weighted by atomic mass is 32.2. The van der Waals surface area contributed by atoms with Crippen molar-refractivity contribution in [3.05, 3.63) is 53.9 Å². The average molecular weight is 355 g/mol. The van der Waals surface area contributed by atoms with Crippen LogP contribution in [0.1, 0.15) is 29.9 Å². The molecule has 25 heavy (non-hydrogen) atoms. The Labute approximate surface area is 152 Å². The van der Waals surface area contributed by atoms with Crippen LogP contribution in [0, 0.1) is 0 Å². The van der Waals surface area contributed by atoms with Gasteiger partial charge in [0.05, 0.1) is 11.4 Å². The number of anilines is 2. The summed E-state index contributed by atoms with van der Waals surface area (Å²) >= 11 is 1.63. The van der Waals surface area contributed by atoms with E-state index in [1.165, 1.54) is 0 Å². The Morgan fingerprint density at radius 1 is 1.16 bits per heavy atom. The molecule has 0 fully saturated rings.